The average Bonchev–Trinajstić information content (AvgIpc) is 2.27. The summed E-state index contributed by atoms with van der Waals surface area (Å²) in [5, 5.41) is 15.2. The van der Waals surface area contributed by atoms with E-state index in [0.717, 1.165) is 18.7 Å². The van der Waals surface area contributed by atoms with Crippen molar-refractivity contribution < 1.29 is 9.90 Å². The summed E-state index contributed by atoms with van der Waals surface area (Å²) in [6.45, 7) is 1.46. The van der Waals surface area contributed by atoms with Gasteiger partial charge in [0.1, 0.15) is 0 Å². The fraction of sp³-hybridized carbons (Fsp3) is 0.462. The SMILES string of the molecule is O=C(N[C@H](CO)Cc1ccccc1)C1CNC1. The first-order chi connectivity index (χ1) is 8.29. The molecule has 92 valence electrons. The van der Waals surface area contributed by atoms with Crippen molar-refractivity contribution >= 4 is 5.91 Å². The first-order valence-corrected chi connectivity index (χ1v) is 5.95. The van der Waals surface area contributed by atoms with Gasteiger partial charge in [0, 0.05) is 13.1 Å². The second-order valence-corrected chi connectivity index (χ2v) is 4.43. The van der Waals surface area contributed by atoms with Crippen LogP contribution in [-0.2, 0) is 11.2 Å². The molecule has 1 saturated heterocycles. The lowest BCUT2D eigenvalue weighted by molar-refractivity contribution is -0.127. The van der Waals surface area contributed by atoms with Gasteiger partial charge in [0.25, 0.3) is 0 Å². The van der Waals surface area contributed by atoms with Crippen LogP contribution in [0.5, 0.6) is 0 Å². The summed E-state index contributed by atoms with van der Waals surface area (Å²) in [6.07, 6.45) is 0.670. The van der Waals surface area contributed by atoms with Gasteiger partial charge in [-0.05, 0) is 12.0 Å². The third kappa shape index (κ3) is 3.28. The minimum absolute atomic E-state index is 0.0270. The Hall–Kier alpha value is -1.39. The van der Waals surface area contributed by atoms with Gasteiger partial charge in [-0.25, -0.2) is 0 Å². The van der Waals surface area contributed by atoms with Gasteiger partial charge in [0.2, 0.25) is 5.91 Å². The highest BCUT2D eigenvalue weighted by molar-refractivity contribution is 5.80. The lowest BCUT2D eigenvalue weighted by Crippen LogP contribution is -2.53. The summed E-state index contributed by atoms with van der Waals surface area (Å²) in [6, 6.07) is 9.68. The summed E-state index contributed by atoms with van der Waals surface area (Å²) >= 11 is 0. The molecule has 4 heteroatoms. The number of carbonyl (C=O) groups is 1. The predicted octanol–water partition coefficient (Wildman–Crippen LogP) is -0.0744. The molecule has 1 heterocycles. The maximum absolute atomic E-state index is 11.7. The molecule has 1 fully saturated rings. The molecule has 1 amide bonds. The van der Waals surface area contributed by atoms with Crippen LogP contribution in [0.1, 0.15) is 5.56 Å². The van der Waals surface area contributed by atoms with E-state index >= 15 is 0 Å². The van der Waals surface area contributed by atoms with E-state index in [1.165, 1.54) is 0 Å². The minimum atomic E-state index is -0.189. The summed E-state index contributed by atoms with van der Waals surface area (Å²) in [7, 11) is 0. The van der Waals surface area contributed by atoms with Crippen molar-refractivity contribution in [3.63, 3.8) is 0 Å². The summed E-state index contributed by atoms with van der Waals surface area (Å²) in [5.74, 6) is 0.110. The fourth-order valence-corrected chi connectivity index (χ4v) is 1.85. The minimum Gasteiger partial charge on any atom is -0.394 e. The first kappa shape index (κ1) is 12.1. The van der Waals surface area contributed by atoms with Crippen molar-refractivity contribution in [2.75, 3.05) is 19.7 Å². The van der Waals surface area contributed by atoms with Crippen LogP contribution >= 0.6 is 0 Å². The molecule has 1 atom stereocenters. The van der Waals surface area contributed by atoms with E-state index in [1.807, 2.05) is 30.3 Å². The van der Waals surface area contributed by atoms with E-state index in [1.54, 1.807) is 0 Å². The van der Waals surface area contributed by atoms with Crippen LogP contribution in [0.3, 0.4) is 0 Å². The lowest BCUT2D eigenvalue weighted by atomic mass is 10.0. The second-order valence-electron chi connectivity index (χ2n) is 4.43. The van der Waals surface area contributed by atoms with Gasteiger partial charge in [-0.3, -0.25) is 4.79 Å². The Labute approximate surface area is 101 Å². The molecule has 1 aromatic rings. The van der Waals surface area contributed by atoms with Gasteiger partial charge >= 0.3 is 0 Å². The Morgan fingerprint density at radius 3 is 2.65 bits per heavy atom. The third-order valence-electron chi connectivity index (χ3n) is 3.04. The number of hydrogen-bond donors (Lipinski definition) is 3. The van der Waals surface area contributed by atoms with Crippen LogP contribution in [0.4, 0.5) is 0 Å². The number of carbonyl (C=O) groups excluding carboxylic acids is 1. The number of rotatable bonds is 5. The van der Waals surface area contributed by atoms with Gasteiger partial charge < -0.3 is 15.7 Å². The quantitative estimate of drug-likeness (QED) is 0.668. The van der Waals surface area contributed by atoms with Gasteiger partial charge in [-0.2, -0.15) is 0 Å². The molecule has 0 bridgehead atoms. The highest BCUT2D eigenvalue weighted by atomic mass is 16.3. The number of aliphatic hydroxyl groups is 1. The zero-order chi connectivity index (χ0) is 12.1. The molecule has 0 spiro atoms. The summed E-state index contributed by atoms with van der Waals surface area (Å²) < 4.78 is 0. The summed E-state index contributed by atoms with van der Waals surface area (Å²) in [4.78, 5) is 11.7. The smallest absolute Gasteiger partial charge is 0.225 e. The van der Waals surface area contributed by atoms with Crippen LogP contribution in [0.15, 0.2) is 30.3 Å². The van der Waals surface area contributed by atoms with Gasteiger partial charge in [0.05, 0.1) is 18.6 Å². The van der Waals surface area contributed by atoms with Crippen LogP contribution in [0, 0.1) is 5.92 Å². The molecule has 0 unspecified atom stereocenters. The first-order valence-electron chi connectivity index (χ1n) is 5.95. The predicted molar refractivity (Wildman–Crippen MR) is 65.5 cm³/mol. The number of nitrogens with one attached hydrogen (secondary N) is 2. The standard InChI is InChI=1S/C13H18N2O2/c16-9-12(6-10-4-2-1-3-5-10)15-13(17)11-7-14-8-11/h1-5,11-12,14,16H,6-9H2,(H,15,17)/t12-/m0/s1. The highest BCUT2D eigenvalue weighted by Crippen LogP contribution is 2.06. The van der Waals surface area contributed by atoms with E-state index in [0.29, 0.717) is 6.42 Å². The van der Waals surface area contributed by atoms with Crippen molar-refractivity contribution in [2.24, 2.45) is 5.92 Å². The maximum Gasteiger partial charge on any atom is 0.225 e. The van der Waals surface area contributed by atoms with Crippen molar-refractivity contribution in [1.82, 2.24) is 10.6 Å². The third-order valence-corrected chi connectivity index (χ3v) is 3.04. The van der Waals surface area contributed by atoms with Crippen LogP contribution in [0.2, 0.25) is 0 Å². The summed E-state index contributed by atoms with van der Waals surface area (Å²) in [5.41, 5.74) is 1.12. The van der Waals surface area contributed by atoms with Crippen molar-refractivity contribution in [3.05, 3.63) is 35.9 Å². The average molecular weight is 234 g/mol. The zero-order valence-corrected chi connectivity index (χ0v) is 9.73. The number of aliphatic hydroxyl groups excluding tert-OH is 1. The molecule has 1 aromatic carbocycles. The highest BCUT2D eigenvalue weighted by Gasteiger charge is 2.26. The zero-order valence-electron chi connectivity index (χ0n) is 9.73. The van der Waals surface area contributed by atoms with Crippen LogP contribution < -0.4 is 10.6 Å². The number of benzene rings is 1. The monoisotopic (exact) mass is 234 g/mol. The topological polar surface area (TPSA) is 61.4 Å². The Bertz CT molecular complexity index is 363. The Morgan fingerprint density at radius 1 is 1.41 bits per heavy atom. The fourth-order valence-electron chi connectivity index (χ4n) is 1.85. The molecule has 4 nitrogen and oxygen atoms in total. The number of hydrogen-bond acceptors (Lipinski definition) is 3. The Balaban J connectivity index is 1.86. The molecule has 0 radical (unpaired) electrons. The molecule has 0 saturated carbocycles. The van der Waals surface area contributed by atoms with E-state index in [4.69, 9.17) is 0 Å². The van der Waals surface area contributed by atoms with Gasteiger partial charge in [0.15, 0.2) is 0 Å². The van der Waals surface area contributed by atoms with Gasteiger partial charge in [-0.1, -0.05) is 30.3 Å². The van der Waals surface area contributed by atoms with E-state index in [2.05, 4.69) is 10.6 Å². The molecular weight excluding hydrogens is 216 g/mol. The van der Waals surface area contributed by atoms with E-state index in [9.17, 15) is 9.90 Å². The Morgan fingerprint density at radius 2 is 2.12 bits per heavy atom. The normalized spacial score (nSPS) is 17.2. The van der Waals surface area contributed by atoms with Crippen LogP contribution in [-0.4, -0.2) is 36.8 Å². The molecule has 0 aromatic heterocycles. The van der Waals surface area contributed by atoms with Crippen molar-refractivity contribution in [2.45, 2.75) is 12.5 Å². The van der Waals surface area contributed by atoms with E-state index in [-0.39, 0.29) is 24.5 Å². The van der Waals surface area contributed by atoms with Crippen molar-refractivity contribution in [1.29, 1.82) is 0 Å². The molecule has 3 N–H and O–H groups in total. The molecule has 17 heavy (non-hydrogen) atoms. The van der Waals surface area contributed by atoms with E-state index < -0.39 is 0 Å². The van der Waals surface area contributed by atoms with Crippen molar-refractivity contribution in [3.8, 4) is 0 Å². The van der Waals surface area contributed by atoms with Gasteiger partial charge in [-0.15, -0.1) is 0 Å². The lowest BCUT2D eigenvalue weighted by Gasteiger charge is -2.28. The molecule has 1 aliphatic rings. The maximum atomic E-state index is 11.7. The largest absolute Gasteiger partial charge is 0.394 e. The second kappa shape index (κ2) is 5.80. The van der Waals surface area contributed by atoms with Crippen LogP contribution in [0.25, 0.3) is 0 Å². The number of amides is 1. The Kier molecular flexibility index (Phi) is 4.12. The molecule has 1 aliphatic heterocycles. The molecular formula is C13H18N2O2. The molecule has 0 aliphatic carbocycles. The molecule has 2 rings (SSSR count).